The molecule has 2 N–H and O–H groups in total. The lowest BCUT2D eigenvalue weighted by Crippen LogP contribution is -2.14. The van der Waals surface area contributed by atoms with Crippen LogP contribution in [-0.2, 0) is 6.42 Å². The van der Waals surface area contributed by atoms with E-state index in [9.17, 15) is 9.90 Å². The quantitative estimate of drug-likeness (QED) is 0.910. The molecule has 0 fully saturated rings. The van der Waals surface area contributed by atoms with Gasteiger partial charge in [-0.05, 0) is 30.2 Å². The molecule has 0 aliphatic carbocycles. The SMILES string of the molecule is CSCCc1[nH]c(=O)n(-c2ccc(Cl)c(Cl)c2)c1O. The van der Waals surface area contributed by atoms with Crippen molar-refractivity contribution in [2.75, 3.05) is 12.0 Å². The normalized spacial score (nSPS) is 10.9. The molecule has 2 rings (SSSR count). The molecule has 0 saturated heterocycles. The van der Waals surface area contributed by atoms with E-state index < -0.39 is 5.69 Å². The van der Waals surface area contributed by atoms with Crippen molar-refractivity contribution in [1.82, 2.24) is 9.55 Å². The lowest BCUT2D eigenvalue weighted by Gasteiger charge is -2.05. The van der Waals surface area contributed by atoms with Gasteiger partial charge in [-0.2, -0.15) is 11.8 Å². The second kappa shape index (κ2) is 5.94. The number of rotatable bonds is 4. The fourth-order valence-corrected chi connectivity index (χ4v) is 2.41. The van der Waals surface area contributed by atoms with E-state index in [1.54, 1.807) is 23.9 Å². The molecule has 0 saturated carbocycles. The zero-order chi connectivity index (χ0) is 14.0. The highest BCUT2D eigenvalue weighted by Gasteiger charge is 2.14. The van der Waals surface area contributed by atoms with Crippen molar-refractivity contribution in [3.05, 3.63) is 44.4 Å². The molecule has 0 bridgehead atoms. The first-order valence-electron chi connectivity index (χ1n) is 5.52. The van der Waals surface area contributed by atoms with Gasteiger partial charge in [0.1, 0.15) is 0 Å². The minimum atomic E-state index is -0.396. The van der Waals surface area contributed by atoms with Crippen LogP contribution in [0.1, 0.15) is 5.69 Å². The lowest BCUT2D eigenvalue weighted by molar-refractivity contribution is 0.435. The monoisotopic (exact) mass is 318 g/mol. The molecule has 0 amide bonds. The second-order valence-electron chi connectivity index (χ2n) is 3.91. The Morgan fingerprint density at radius 2 is 2.11 bits per heavy atom. The summed E-state index contributed by atoms with van der Waals surface area (Å²) in [7, 11) is 0. The van der Waals surface area contributed by atoms with Gasteiger partial charge in [-0.1, -0.05) is 23.2 Å². The van der Waals surface area contributed by atoms with Crippen molar-refractivity contribution in [2.24, 2.45) is 0 Å². The highest BCUT2D eigenvalue weighted by atomic mass is 35.5. The van der Waals surface area contributed by atoms with Crippen molar-refractivity contribution in [3.8, 4) is 11.6 Å². The van der Waals surface area contributed by atoms with Gasteiger partial charge in [0.05, 0.1) is 21.4 Å². The summed E-state index contributed by atoms with van der Waals surface area (Å²) in [5.41, 5.74) is 0.598. The van der Waals surface area contributed by atoms with Gasteiger partial charge in [-0.15, -0.1) is 0 Å². The van der Waals surface area contributed by atoms with Crippen LogP contribution in [0.4, 0.5) is 0 Å². The van der Waals surface area contributed by atoms with Crippen LogP contribution in [0.3, 0.4) is 0 Å². The molecule has 0 atom stereocenters. The molecule has 7 heteroatoms. The third kappa shape index (κ3) is 2.94. The third-order valence-corrected chi connectivity index (χ3v) is 4.01. The first kappa shape index (κ1) is 14.4. The summed E-state index contributed by atoms with van der Waals surface area (Å²) in [6.07, 6.45) is 2.56. The molecular weight excluding hydrogens is 307 g/mol. The zero-order valence-corrected chi connectivity index (χ0v) is 12.4. The van der Waals surface area contributed by atoms with Crippen LogP contribution in [0.5, 0.6) is 5.88 Å². The van der Waals surface area contributed by atoms with E-state index in [0.29, 0.717) is 27.8 Å². The molecule has 0 unspecified atom stereocenters. The molecule has 1 heterocycles. The number of benzene rings is 1. The van der Waals surface area contributed by atoms with Gasteiger partial charge >= 0.3 is 5.69 Å². The van der Waals surface area contributed by atoms with E-state index in [4.69, 9.17) is 23.2 Å². The van der Waals surface area contributed by atoms with Crippen molar-refractivity contribution in [3.63, 3.8) is 0 Å². The summed E-state index contributed by atoms with van der Waals surface area (Å²) in [4.78, 5) is 14.5. The van der Waals surface area contributed by atoms with Crippen molar-refractivity contribution >= 4 is 35.0 Å². The molecule has 0 aliphatic heterocycles. The number of nitrogens with one attached hydrogen (secondary N) is 1. The third-order valence-electron chi connectivity index (χ3n) is 2.66. The summed E-state index contributed by atoms with van der Waals surface area (Å²) < 4.78 is 1.18. The fraction of sp³-hybridized carbons (Fsp3) is 0.250. The number of aryl methyl sites for hydroxylation is 1. The fourth-order valence-electron chi connectivity index (χ4n) is 1.71. The summed E-state index contributed by atoms with van der Waals surface area (Å²) in [6, 6.07) is 4.75. The molecule has 1 aromatic carbocycles. The van der Waals surface area contributed by atoms with Gasteiger partial charge in [0, 0.05) is 6.42 Å². The molecule has 0 radical (unpaired) electrons. The lowest BCUT2D eigenvalue weighted by atomic mass is 10.3. The van der Waals surface area contributed by atoms with E-state index >= 15 is 0 Å². The minimum absolute atomic E-state index is 0.0857. The van der Waals surface area contributed by atoms with Gasteiger partial charge < -0.3 is 10.1 Å². The Bertz CT molecular complexity index is 652. The molecule has 2 aromatic rings. The average Bonchev–Trinajstić information content (AvgIpc) is 2.65. The Kier molecular flexibility index (Phi) is 4.50. The van der Waals surface area contributed by atoms with E-state index in [2.05, 4.69) is 4.98 Å². The number of hydrogen-bond donors (Lipinski definition) is 2. The molecular formula is C12H12Cl2N2O2S. The van der Waals surface area contributed by atoms with Crippen molar-refractivity contribution in [2.45, 2.75) is 6.42 Å². The maximum atomic E-state index is 11.9. The second-order valence-corrected chi connectivity index (χ2v) is 5.71. The summed E-state index contributed by atoms with van der Waals surface area (Å²) in [5, 5.41) is 10.8. The smallest absolute Gasteiger partial charge is 0.333 e. The Morgan fingerprint density at radius 1 is 1.37 bits per heavy atom. The summed E-state index contributed by atoms with van der Waals surface area (Å²) in [6.45, 7) is 0. The van der Waals surface area contributed by atoms with Crippen LogP contribution < -0.4 is 5.69 Å². The molecule has 1 aromatic heterocycles. The number of nitrogens with zero attached hydrogens (tertiary/aromatic N) is 1. The van der Waals surface area contributed by atoms with Crippen LogP contribution in [0.25, 0.3) is 5.69 Å². The number of aromatic amines is 1. The Hall–Kier alpha value is -1.04. The largest absolute Gasteiger partial charge is 0.493 e. The molecule has 102 valence electrons. The predicted octanol–water partition coefficient (Wildman–Crippen LogP) is 3.08. The first-order chi connectivity index (χ1) is 9.04. The average molecular weight is 319 g/mol. The van der Waals surface area contributed by atoms with Gasteiger partial charge in [-0.25, -0.2) is 9.36 Å². The summed E-state index contributed by atoms with van der Waals surface area (Å²) in [5.74, 6) is 0.729. The van der Waals surface area contributed by atoms with Crippen molar-refractivity contribution in [1.29, 1.82) is 0 Å². The van der Waals surface area contributed by atoms with E-state index in [-0.39, 0.29) is 5.88 Å². The van der Waals surface area contributed by atoms with Gasteiger partial charge in [0.15, 0.2) is 0 Å². The Balaban J connectivity index is 2.47. The Labute approximate surface area is 124 Å². The van der Waals surface area contributed by atoms with Crippen LogP contribution >= 0.6 is 35.0 Å². The predicted molar refractivity (Wildman–Crippen MR) is 80.2 cm³/mol. The minimum Gasteiger partial charge on any atom is -0.493 e. The van der Waals surface area contributed by atoms with Gasteiger partial charge in [0.2, 0.25) is 5.88 Å². The maximum Gasteiger partial charge on any atom is 0.333 e. The molecule has 0 aliphatic rings. The zero-order valence-electron chi connectivity index (χ0n) is 10.1. The van der Waals surface area contributed by atoms with Crippen LogP contribution in [0, 0.1) is 0 Å². The van der Waals surface area contributed by atoms with Crippen LogP contribution in [0.15, 0.2) is 23.0 Å². The van der Waals surface area contributed by atoms with Crippen LogP contribution in [-0.4, -0.2) is 26.7 Å². The van der Waals surface area contributed by atoms with Gasteiger partial charge in [0.25, 0.3) is 0 Å². The number of imidazole rings is 1. The molecule has 0 spiro atoms. The molecule has 4 nitrogen and oxygen atoms in total. The number of H-pyrrole nitrogens is 1. The Morgan fingerprint density at radius 3 is 2.74 bits per heavy atom. The standard InChI is InChI=1S/C12H12Cl2N2O2S/c1-19-5-4-10-11(17)16(12(18)15-10)7-2-3-8(13)9(14)6-7/h2-3,6,17H,4-5H2,1H3,(H,15,18). The van der Waals surface area contributed by atoms with E-state index in [0.717, 1.165) is 5.75 Å². The number of hydrogen-bond acceptors (Lipinski definition) is 3. The van der Waals surface area contributed by atoms with E-state index in [1.807, 2.05) is 6.26 Å². The number of aromatic nitrogens is 2. The van der Waals surface area contributed by atoms with Crippen LogP contribution in [0.2, 0.25) is 10.0 Å². The van der Waals surface area contributed by atoms with Gasteiger partial charge in [-0.3, -0.25) is 0 Å². The number of thioether (sulfide) groups is 1. The molecule has 19 heavy (non-hydrogen) atoms. The first-order valence-corrected chi connectivity index (χ1v) is 7.66. The highest BCUT2D eigenvalue weighted by Crippen LogP contribution is 2.26. The highest BCUT2D eigenvalue weighted by molar-refractivity contribution is 7.98. The topological polar surface area (TPSA) is 58.0 Å². The summed E-state index contributed by atoms with van der Waals surface area (Å²) >= 11 is 13.4. The number of aromatic hydroxyl groups is 1. The number of halogens is 2. The maximum absolute atomic E-state index is 11.9. The van der Waals surface area contributed by atoms with Crippen molar-refractivity contribution < 1.29 is 5.11 Å². The van der Waals surface area contributed by atoms with E-state index in [1.165, 1.54) is 10.6 Å².